The summed E-state index contributed by atoms with van der Waals surface area (Å²) in [4.78, 5) is 8.88. The number of hydrogen-bond acceptors (Lipinski definition) is 5. The van der Waals surface area contributed by atoms with Gasteiger partial charge in [0.2, 0.25) is 5.95 Å². The lowest BCUT2D eigenvalue weighted by Gasteiger charge is -2.11. The molecule has 6 heteroatoms. The van der Waals surface area contributed by atoms with E-state index < -0.39 is 0 Å². The maximum atomic E-state index is 9.31. The summed E-state index contributed by atoms with van der Waals surface area (Å²) < 4.78 is 7.24. The lowest BCUT2D eigenvalue weighted by atomic mass is 10.2. The van der Waals surface area contributed by atoms with Gasteiger partial charge in [0.1, 0.15) is 11.4 Å². The van der Waals surface area contributed by atoms with Gasteiger partial charge < -0.3 is 20.1 Å². The van der Waals surface area contributed by atoms with Crippen LogP contribution in [0.4, 0.5) is 5.95 Å². The monoisotopic (exact) mass is 298 g/mol. The van der Waals surface area contributed by atoms with Crippen LogP contribution in [-0.2, 0) is 13.2 Å². The highest BCUT2D eigenvalue weighted by molar-refractivity contribution is 5.79. The molecule has 0 saturated heterocycles. The molecule has 6 nitrogen and oxygen atoms in total. The molecular weight excluding hydrogens is 280 g/mol. The van der Waals surface area contributed by atoms with Crippen LogP contribution in [0.25, 0.3) is 11.0 Å². The summed E-state index contributed by atoms with van der Waals surface area (Å²) in [5.74, 6) is 1.13. The minimum Gasteiger partial charge on any atom is -0.495 e. The lowest BCUT2D eigenvalue weighted by molar-refractivity contribution is 0.282. The first kappa shape index (κ1) is 14.3. The second kappa shape index (κ2) is 5.65. The third-order valence-electron chi connectivity index (χ3n) is 3.62. The molecule has 0 atom stereocenters. The van der Waals surface area contributed by atoms with E-state index in [1.807, 2.05) is 41.8 Å². The average Bonchev–Trinajstić information content (AvgIpc) is 2.83. The highest BCUT2D eigenvalue weighted by Gasteiger charge is 2.13. The molecule has 0 aliphatic carbocycles. The molecule has 0 bridgehead atoms. The van der Waals surface area contributed by atoms with E-state index in [-0.39, 0.29) is 6.61 Å². The molecule has 0 radical (unpaired) electrons. The van der Waals surface area contributed by atoms with E-state index in [1.165, 1.54) is 0 Å². The van der Waals surface area contributed by atoms with Crippen molar-refractivity contribution in [3.05, 3.63) is 47.3 Å². The summed E-state index contributed by atoms with van der Waals surface area (Å²) in [6.07, 6.45) is 0. The van der Waals surface area contributed by atoms with Crippen LogP contribution in [0.15, 0.2) is 30.3 Å². The summed E-state index contributed by atoms with van der Waals surface area (Å²) in [6.45, 7) is 2.37. The van der Waals surface area contributed by atoms with Gasteiger partial charge in [-0.1, -0.05) is 6.07 Å². The standard InChI is InChI=1S/C16H18N4O2/c1-10-3-6-15(22-2)13(18-10)8-20-14-7-11(9-21)4-5-12(14)19-16(20)17/h3-7,21H,8-9H2,1-2H3,(H2,17,19). The second-order valence-electron chi connectivity index (χ2n) is 5.14. The van der Waals surface area contributed by atoms with Crippen molar-refractivity contribution in [1.29, 1.82) is 0 Å². The molecule has 0 fully saturated rings. The summed E-state index contributed by atoms with van der Waals surface area (Å²) in [5.41, 5.74) is 10.2. The number of ether oxygens (including phenoxy) is 1. The number of nitrogens with two attached hydrogens (primary N) is 1. The van der Waals surface area contributed by atoms with E-state index in [1.54, 1.807) is 7.11 Å². The van der Waals surface area contributed by atoms with Gasteiger partial charge >= 0.3 is 0 Å². The summed E-state index contributed by atoms with van der Waals surface area (Å²) in [7, 11) is 1.62. The quantitative estimate of drug-likeness (QED) is 0.768. The summed E-state index contributed by atoms with van der Waals surface area (Å²) in [5, 5.41) is 9.31. The van der Waals surface area contributed by atoms with Crippen molar-refractivity contribution in [3.63, 3.8) is 0 Å². The number of anilines is 1. The van der Waals surface area contributed by atoms with Crippen molar-refractivity contribution in [1.82, 2.24) is 14.5 Å². The van der Waals surface area contributed by atoms with Gasteiger partial charge in [0.05, 0.1) is 31.3 Å². The summed E-state index contributed by atoms with van der Waals surface area (Å²) in [6, 6.07) is 9.38. The molecule has 0 aliphatic heterocycles. The van der Waals surface area contributed by atoms with Crippen LogP contribution in [0.1, 0.15) is 17.0 Å². The van der Waals surface area contributed by atoms with Gasteiger partial charge in [-0.25, -0.2) is 4.98 Å². The number of fused-ring (bicyclic) bond motifs is 1. The van der Waals surface area contributed by atoms with Gasteiger partial charge in [-0.2, -0.15) is 0 Å². The van der Waals surface area contributed by atoms with Gasteiger partial charge in [0.25, 0.3) is 0 Å². The number of aromatic nitrogens is 3. The number of nitrogens with zero attached hydrogens (tertiary/aromatic N) is 3. The predicted molar refractivity (Wildman–Crippen MR) is 84.7 cm³/mol. The molecule has 22 heavy (non-hydrogen) atoms. The van der Waals surface area contributed by atoms with Crippen molar-refractivity contribution in [2.75, 3.05) is 12.8 Å². The largest absolute Gasteiger partial charge is 0.495 e. The Morgan fingerprint density at radius 2 is 2.05 bits per heavy atom. The van der Waals surface area contributed by atoms with Gasteiger partial charge in [-0.05, 0) is 36.8 Å². The van der Waals surface area contributed by atoms with Gasteiger partial charge in [0, 0.05) is 5.69 Å². The van der Waals surface area contributed by atoms with Gasteiger partial charge in [0.15, 0.2) is 0 Å². The zero-order valence-corrected chi connectivity index (χ0v) is 12.6. The van der Waals surface area contributed by atoms with E-state index in [2.05, 4.69) is 9.97 Å². The Balaban J connectivity index is 2.10. The number of hydrogen-bond donors (Lipinski definition) is 2. The van der Waals surface area contributed by atoms with Crippen LogP contribution >= 0.6 is 0 Å². The molecule has 2 aromatic heterocycles. The number of nitrogen functional groups attached to an aromatic ring is 1. The van der Waals surface area contributed by atoms with Crippen LogP contribution in [0.3, 0.4) is 0 Å². The first-order chi connectivity index (χ1) is 10.6. The fraction of sp³-hybridized carbons (Fsp3) is 0.250. The number of methoxy groups -OCH3 is 1. The van der Waals surface area contributed by atoms with Crippen molar-refractivity contribution < 1.29 is 9.84 Å². The Bertz CT molecular complexity index is 826. The van der Waals surface area contributed by atoms with E-state index in [9.17, 15) is 5.11 Å². The molecule has 0 spiro atoms. The van der Waals surface area contributed by atoms with E-state index in [0.29, 0.717) is 18.2 Å². The molecule has 0 aliphatic rings. The minimum atomic E-state index is -0.0208. The van der Waals surface area contributed by atoms with Crippen LogP contribution in [0.5, 0.6) is 5.75 Å². The Hall–Kier alpha value is -2.60. The number of rotatable bonds is 4. The molecule has 0 unspecified atom stereocenters. The van der Waals surface area contributed by atoms with Crippen molar-refractivity contribution >= 4 is 17.0 Å². The molecule has 2 heterocycles. The topological polar surface area (TPSA) is 86.2 Å². The first-order valence-electron chi connectivity index (χ1n) is 6.98. The lowest BCUT2D eigenvalue weighted by Crippen LogP contribution is -2.08. The van der Waals surface area contributed by atoms with Crippen LogP contribution in [0, 0.1) is 6.92 Å². The molecule has 3 rings (SSSR count). The normalized spacial score (nSPS) is 11.0. The second-order valence-corrected chi connectivity index (χ2v) is 5.14. The van der Waals surface area contributed by atoms with E-state index >= 15 is 0 Å². The zero-order valence-electron chi connectivity index (χ0n) is 12.6. The van der Waals surface area contributed by atoms with Gasteiger partial charge in [-0.3, -0.25) is 4.98 Å². The van der Waals surface area contributed by atoms with Crippen molar-refractivity contribution in [2.24, 2.45) is 0 Å². The maximum absolute atomic E-state index is 9.31. The molecule has 3 N–H and O–H groups in total. The fourth-order valence-electron chi connectivity index (χ4n) is 2.50. The van der Waals surface area contributed by atoms with Crippen LogP contribution < -0.4 is 10.5 Å². The molecule has 0 saturated carbocycles. The number of aryl methyl sites for hydroxylation is 1. The Kier molecular flexibility index (Phi) is 3.68. The molecule has 1 aromatic carbocycles. The smallest absolute Gasteiger partial charge is 0.201 e. The fourth-order valence-corrected chi connectivity index (χ4v) is 2.50. The predicted octanol–water partition coefficient (Wildman–Crippen LogP) is 1.87. The maximum Gasteiger partial charge on any atom is 0.201 e. The third-order valence-corrected chi connectivity index (χ3v) is 3.62. The number of aliphatic hydroxyl groups is 1. The van der Waals surface area contributed by atoms with Crippen molar-refractivity contribution in [3.8, 4) is 5.75 Å². The number of aliphatic hydroxyl groups excluding tert-OH is 1. The first-order valence-corrected chi connectivity index (χ1v) is 6.98. The summed E-state index contributed by atoms with van der Waals surface area (Å²) >= 11 is 0. The van der Waals surface area contributed by atoms with E-state index in [0.717, 1.165) is 28.0 Å². The Morgan fingerprint density at radius 3 is 2.77 bits per heavy atom. The third kappa shape index (κ3) is 2.48. The van der Waals surface area contributed by atoms with Crippen molar-refractivity contribution in [2.45, 2.75) is 20.1 Å². The molecular formula is C16H18N4O2. The molecule has 114 valence electrons. The minimum absolute atomic E-state index is 0.0208. The van der Waals surface area contributed by atoms with Crippen LogP contribution in [0.2, 0.25) is 0 Å². The highest BCUT2D eigenvalue weighted by Crippen LogP contribution is 2.24. The SMILES string of the molecule is COc1ccc(C)nc1Cn1c(N)nc2ccc(CO)cc21. The average molecular weight is 298 g/mol. The van der Waals surface area contributed by atoms with Crippen LogP contribution in [-0.4, -0.2) is 26.8 Å². The van der Waals surface area contributed by atoms with Gasteiger partial charge in [-0.15, -0.1) is 0 Å². The highest BCUT2D eigenvalue weighted by atomic mass is 16.5. The molecule has 0 amide bonds. The zero-order chi connectivity index (χ0) is 15.7. The Labute approximate surface area is 128 Å². The Morgan fingerprint density at radius 1 is 1.23 bits per heavy atom. The number of pyridine rings is 1. The number of benzene rings is 1. The molecule has 3 aromatic rings. The number of imidazole rings is 1. The van der Waals surface area contributed by atoms with E-state index in [4.69, 9.17) is 10.5 Å².